The molecule has 0 bridgehead atoms. The minimum atomic E-state index is -0.464. The molecule has 4 aromatic rings. The molecule has 0 atom stereocenters. The summed E-state index contributed by atoms with van der Waals surface area (Å²) in [7, 11) is 0. The Bertz CT molecular complexity index is 1300. The van der Waals surface area contributed by atoms with Gasteiger partial charge in [-0.1, -0.05) is 56.3 Å². The highest BCUT2D eigenvalue weighted by Crippen LogP contribution is 2.28. The van der Waals surface area contributed by atoms with Crippen molar-refractivity contribution in [1.82, 2.24) is 19.2 Å². The van der Waals surface area contributed by atoms with E-state index in [4.69, 9.17) is 4.98 Å². The number of halogens is 1. The number of benzene rings is 2. The Morgan fingerprint density at radius 2 is 1.65 bits per heavy atom. The molecule has 1 amide bonds. The number of hydrogen-bond donors (Lipinski definition) is 0. The second-order valence-electron chi connectivity index (χ2n) is 9.16. The van der Waals surface area contributed by atoms with Gasteiger partial charge >= 0.3 is 0 Å². The first-order valence-electron chi connectivity index (χ1n) is 11.8. The molecule has 3 heterocycles. The predicted molar refractivity (Wildman–Crippen MR) is 132 cm³/mol. The van der Waals surface area contributed by atoms with Crippen LogP contribution in [0.1, 0.15) is 41.4 Å². The number of piperazine rings is 1. The van der Waals surface area contributed by atoms with Gasteiger partial charge in [0.05, 0.1) is 17.0 Å². The zero-order valence-corrected chi connectivity index (χ0v) is 19.6. The highest BCUT2D eigenvalue weighted by Gasteiger charge is 2.25. The van der Waals surface area contributed by atoms with Crippen molar-refractivity contribution in [3.8, 4) is 11.3 Å². The molecule has 1 saturated heterocycles. The van der Waals surface area contributed by atoms with Crippen molar-refractivity contribution < 1.29 is 9.18 Å². The van der Waals surface area contributed by atoms with Gasteiger partial charge in [0, 0.05) is 44.5 Å². The molecule has 0 saturated carbocycles. The van der Waals surface area contributed by atoms with Gasteiger partial charge in [0.2, 0.25) is 0 Å². The van der Waals surface area contributed by atoms with Gasteiger partial charge in [0.15, 0.2) is 0 Å². The monoisotopic (exact) mass is 456 g/mol. The van der Waals surface area contributed by atoms with Crippen molar-refractivity contribution in [3.05, 3.63) is 95.6 Å². The number of fused-ring (bicyclic) bond motifs is 1. The number of nitrogens with zero attached hydrogens (tertiary/aromatic N) is 4. The topological polar surface area (TPSA) is 40.9 Å². The molecule has 5 rings (SSSR count). The van der Waals surface area contributed by atoms with E-state index >= 15 is 0 Å². The molecule has 0 unspecified atom stereocenters. The van der Waals surface area contributed by atoms with Crippen molar-refractivity contribution in [3.63, 3.8) is 0 Å². The van der Waals surface area contributed by atoms with E-state index in [9.17, 15) is 9.18 Å². The summed E-state index contributed by atoms with van der Waals surface area (Å²) in [6.45, 7) is 7.72. The van der Waals surface area contributed by atoms with Gasteiger partial charge in [0.1, 0.15) is 11.5 Å². The zero-order chi connectivity index (χ0) is 23.7. The van der Waals surface area contributed by atoms with Gasteiger partial charge in [-0.25, -0.2) is 9.37 Å². The average molecular weight is 457 g/mol. The molecular formula is C28H29FN4O. The Kier molecular flexibility index (Phi) is 6.16. The van der Waals surface area contributed by atoms with Crippen molar-refractivity contribution in [1.29, 1.82) is 0 Å². The van der Waals surface area contributed by atoms with Crippen molar-refractivity contribution in [2.45, 2.75) is 26.3 Å². The minimum Gasteiger partial charge on any atom is -0.336 e. The summed E-state index contributed by atoms with van der Waals surface area (Å²) in [5.74, 6) is -0.217. The summed E-state index contributed by atoms with van der Waals surface area (Å²) in [6.07, 6.45) is 2.06. The van der Waals surface area contributed by atoms with Crippen LogP contribution in [0.3, 0.4) is 0 Å². The first-order valence-corrected chi connectivity index (χ1v) is 11.8. The molecule has 34 heavy (non-hydrogen) atoms. The van der Waals surface area contributed by atoms with Gasteiger partial charge in [-0.15, -0.1) is 0 Å². The quantitative estimate of drug-likeness (QED) is 0.413. The second kappa shape index (κ2) is 9.39. The Morgan fingerprint density at radius 1 is 0.941 bits per heavy atom. The number of aromatic nitrogens is 2. The molecule has 0 aliphatic carbocycles. The molecule has 5 nitrogen and oxygen atoms in total. The number of carbonyl (C=O) groups excluding carboxylic acids is 1. The molecule has 6 heteroatoms. The minimum absolute atomic E-state index is 0.143. The third kappa shape index (κ3) is 4.33. The first kappa shape index (κ1) is 22.3. The Hall–Kier alpha value is -3.51. The van der Waals surface area contributed by atoms with Crippen LogP contribution in [0.2, 0.25) is 0 Å². The molecule has 1 aliphatic rings. The molecule has 2 aromatic carbocycles. The summed E-state index contributed by atoms with van der Waals surface area (Å²) in [5, 5.41) is 0. The Labute approximate surface area is 199 Å². The van der Waals surface area contributed by atoms with E-state index in [1.165, 1.54) is 11.6 Å². The molecule has 2 aromatic heterocycles. The highest BCUT2D eigenvalue weighted by atomic mass is 19.1. The van der Waals surface area contributed by atoms with Crippen molar-refractivity contribution in [2.24, 2.45) is 0 Å². The lowest BCUT2D eigenvalue weighted by Gasteiger charge is -2.34. The van der Waals surface area contributed by atoms with Crippen LogP contribution in [-0.2, 0) is 6.54 Å². The van der Waals surface area contributed by atoms with Crippen LogP contribution in [-0.4, -0.2) is 51.3 Å². The van der Waals surface area contributed by atoms with Crippen LogP contribution < -0.4 is 0 Å². The average Bonchev–Trinajstić information content (AvgIpc) is 3.23. The number of imidazole rings is 1. The number of pyridine rings is 1. The van der Waals surface area contributed by atoms with Gasteiger partial charge in [-0.05, 0) is 35.7 Å². The van der Waals surface area contributed by atoms with Crippen LogP contribution in [0.15, 0.2) is 72.9 Å². The maximum absolute atomic E-state index is 14.1. The maximum atomic E-state index is 14.1. The third-order valence-electron chi connectivity index (χ3n) is 6.62. The van der Waals surface area contributed by atoms with E-state index in [1.54, 1.807) is 23.1 Å². The standard InChI is InChI=1S/C28H29FN4O/c1-20(2)21-10-12-22(13-11-21)27-25(33-14-6-5-9-26(33)30-27)19-31-15-17-32(18-16-31)28(34)23-7-3-4-8-24(23)29/h3-14,20H,15-19H2,1-2H3. The van der Waals surface area contributed by atoms with Gasteiger partial charge in [-0.3, -0.25) is 9.69 Å². The first-order chi connectivity index (χ1) is 16.5. The van der Waals surface area contributed by atoms with E-state index in [0.717, 1.165) is 42.2 Å². The van der Waals surface area contributed by atoms with Crippen LogP contribution in [0, 0.1) is 5.82 Å². The molecular weight excluding hydrogens is 427 g/mol. The van der Waals surface area contributed by atoms with E-state index < -0.39 is 5.82 Å². The molecule has 0 radical (unpaired) electrons. The lowest BCUT2D eigenvalue weighted by Crippen LogP contribution is -2.48. The third-order valence-corrected chi connectivity index (χ3v) is 6.62. The van der Waals surface area contributed by atoms with Crippen molar-refractivity contribution >= 4 is 11.6 Å². The molecule has 0 N–H and O–H groups in total. The van der Waals surface area contributed by atoms with Crippen LogP contribution in [0.5, 0.6) is 0 Å². The summed E-state index contributed by atoms with van der Waals surface area (Å²) in [5.41, 5.74) is 5.62. The molecule has 1 fully saturated rings. The maximum Gasteiger partial charge on any atom is 0.256 e. The molecule has 174 valence electrons. The lowest BCUT2D eigenvalue weighted by atomic mass is 10.0. The highest BCUT2D eigenvalue weighted by molar-refractivity contribution is 5.94. The Balaban J connectivity index is 1.36. The fourth-order valence-corrected chi connectivity index (χ4v) is 4.58. The number of hydrogen-bond acceptors (Lipinski definition) is 3. The van der Waals surface area contributed by atoms with Gasteiger partial charge < -0.3 is 9.30 Å². The summed E-state index contributed by atoms with van der Waals surface area (Å²) >= 11 is 0. The van der Waals surface area contributed by atoms with Crippen LogP contribution in [0.4, 0.5) is 4.39 Å². The van der Waals surface area contributed by atoms with Crippen molar-refractivity contribution in [2.75, 3.05) is 26.2 Å². The normalized spacial score (nSPS) is 14.8. The molecule has 0 spiro atoms. The van der Waals surface area contributed by atoms with E-state index in [1.807, 2.05) is 18.2 Å². The SMILES string of the molecule is CC(C)c1ccc(-c2nc3ccccn3c2CN2CCN(C(=O)c3ccccc3F)CC2)cc1. The summed E-state index contributed by atoms with van der Waals surface area (Å²) < 4.78 is 16.2. The number of rotatable bonds is 5. The summed E-state index contributed by atoms with van der Waals surface area (Å²) in [4.78, 5) is 21.8. The Morgan fingerprint density at radius 3 is 2.35 bits per heavy atom. The largest absolute Gasteiger partial charge is 0.336 e. The number of amides is 1. The number of carbonyl (C=O) groups is 1. The zero-order valence-electron chi connectivity index (χ0n) is 19.6. The van der Waals surface area contributed by atoms with Gasteiger partial charge in [0.25, 0.3) is 5.91 Å². The van der Waals surface area contributed by atoms with Crippen LogP contribution >= 0.6 is 0 Å². The van der Waals surface area contributed by atoms with E-state index in [2.05, 4.69) is 53.6 Å². The molecule has 1 aliphatic heterocycles. The fourth-order valence-electron chi connectivity index (χ4n) is 4.58. The van der Waals surface area contributed by atoms with E-state index in [-0.39, 0.29) is 11.5 Å². The predicted octanol–water partition coefficient (Wildman–Crippen LogP) is 5.22. The van der Waals surface area contributed by atoms with E-state index in [0.29, 0.717) is 19.0 Å². The second-order valence-corrected chi connectivity index (χ2v) is 9.16. The lowest BCUT2D eigenvalue weighted by molar-refractivity contribution is 0.0622. The van der Waals surface area contributed by atoms with Crippen LogP contribution in [0.25, 0.3) is 16.9 Å². The fraction of sp³-hybridized carbons (Fsp3) is 0.286. The summed E-state index contributed by atoms with van der Waals surface area (Å²) in [6, 6.07) is 20.9. The van der Waals surface area contributed by atoms with Gasteiger partial charge in [-0.2, -0.15) is 0 Å². The smallest absolute Gasteiger partial charge is 0.256 e.